The maximum atomic E-state index is 11.3. The molecule has 2 N–H and O–H groups in total. The van der Waals surface area contributed by atoms with Gasteiger partial charge in [-0.3, -0.25) is 0 Å². The minimum atomic E-state index is -1.19. The van der Waals surface area contributed by atoms with Crippen LogP contribution in [0.3, 0.4) is 0 Å². The van der Waals surface area contributed by atoms with E-state index in [0.717, 1.165) is 0 Å². The number of esters is 1. The van der Waals surface area contributed by atoms with Crippen LogP contribution in [0, 0.1) is 0 Å². The van der Waals surface area contributed by atoms with E-state index in [1.165, 1.54) is 7.11 Å². The summed E-state index contributed by atoms with van der Waals surface area (Å²) in [6, 6.07) is 0. The van der Waals surface area contributed by atoms with Crippen LogP contribution in [0.2, 0.25) is 0 Å². The van der Waals surface area contributed by atoms with Gasteiger partial charge < -0.3 is 14.8 Å². The number of aromatic nitrogens is 2. The van der Waals surface area contributed by atoms with Crippen LogP contribution in [-0.4, -0.2) is 28.2 Å². The molecule has 0 aliphatic rings. The molecule has 0 amide bonds. The highest BCUT2D eigenvalue weighted by Gasteiger charge is 2.28. The normalized spacial score (nSPS) is 11.5. The van der Waals surface area contributed by atoms with E-state index in [1.807, 2.05) is 0 Å². The Morgan fingerprint density at radius 2 is 2.21 bits per heavy atom. The Balaban J connectivity index is 3.23. The van der Waals surface area contributed by atoms with Gasteiger partial charge in [0.15, 0.2) is 10.4 Å². The number of carbonyl (C=O) groups is 1. The van der Waals surface area contributed by atoms with Crippen molar-refractivity contribution in [3.05, 3.63) is 16.1 Å². The van der Waals surface area contributed by atoms with Gasteiger partial charge in [-0.05, 0) is 29.8 Å². The van der Waals surface area contributed by atoms with Crippen LogP contribution in [0.25, 0.3) is 0 Å². The van der Waals surface area contributed by atoms with Crippen LogP contribution in [0.5, 0.6) is 0 Å². The number of methoxy groups -OCH3 is 1. The molecule has 1 aromatic rings. The van der Waals surface area contributed by atoms with Crippen LogP contribution in [0.15, 0.2) is 4.73 Å². The smallest absolute Gasteiger partial charge is 0.356 e. The summed E-state index contributed by atoms with van der Waals surface area (Å²) in [7, 11) is 1.27. The molecule has 0 bridgehead atoms. The summed E-state index contributed by atoms with van der Waals surface area (Å²) in [5.74, 6) is -0.555. The lowest BCUT2D eigenvalue weighted by molar-refractivity contribution is 0.0539. The van der Waals surface area contributed by atoms with Crippen LogP contribution in [-0.2, 0) is 10.3 Å². The van der Waals surface area contributed by atoms with E-state index in [2.05, 4.69) is 30.6 Å². The molecule has 1 aromatic heterocycles. The van der Waals surface area contributed by atoms with E-state index >= 15 is 0 Å². The second-order valence-electron chi connectivity index (χ2n) is 3.30. The quantitative estimate of drug-likeness (QED) is 0.786. The molecule has 78 valence electrons. The summed E-state index contributed by atoms with van der Waals surface area (Å²) in [5, 5.41) is 9.72. The molecule has 0 aromatic carbocycles. The van der Waals surface area contributed by atoms with Gasteiger partial charge in [0.05, 0.1) is 7.11 Å². The van der Waals surface area contributed by atoms with Crippen molar-refractivity contribution in [3.8, 4) is 0 Å². The standard InChI is InChI=1S/C8H11BrN2O3/c1-8(2,13)5-4(6(12)14-3)10-7(9)11-5/h13H,1-3H3,(H,10,11). The number of carbonyl (C=O) groups excluding carboxylic acids is 1. The molecule has 0 spiro atoms. The molecule has 0 unspecified atom stereocenters. The number of hydrogen-bond donors (Lipinski definition) is 2. The molecule has 0 fully saturated rings. The molecule has 1 heterocycles. The average Bonchev–Trinajstić information content (AvgIpc) is 2.45. The van der Waals surface area contributed by atoms with E-state index < -0.39 is 11.6 Å². The predicted octanol–water partition coefficient (Wildman–Crippen LogP) is 1.19. The predicted molar refractivity (Wildman–Crippen MR) is 52.9 cm³/mol. The average molecular weight is 263 g/mol. The van der Waals surface area contributed by atoms with Gasteiger partial charge in [0.25, 0.3) is 0 Å². The number of ether oxygens (including phenoxy) is 1. The fourth-order valence-electron chi connectivity index (χ4n) is 1.04. The zero-order chi connectivity index (χ0) is 10.9. The Bertz CT molecular complexity index is 354. The zero-order valence-electron chi connectivity index (χ0n) is 8.09. The molecule has 5 nitrogen and oxygen atoms in total. The highest BCUT2D eigenvalue weighted by molar-refractivity contribution is 9.10. The third-order valence-electron chi connectivity index (χ3n) is 1.64. The highest BCUT2D eigenvalue weighted by Crippen LogP contribution is 2.23. The summed E-state index contributed by atoms with van der Waals surface area (Å²) in [4.78, 5) is 17.9. The Morgan fingerprint density at radius 1 is 1.64 bits per heavy atom. The molecule has 0 saturated carbocycles. The van der Waals surface area contributed by atoms with E-state index in [-0.39, 0.29) is 11.4 Å². The summed E-state index contributed by atoms with van der Waals surface area (Å²) >= 11 is 3.09. The van der Waals surface area contributed by atoms with Crippen molar-refractivity contribution >= 4 is 21.9 Å². The Labute approximate surface area is 89.6 Å². The van der Waals surface area contributed by atoms with Gasteiger partial charge >= 0.3 is 5.97 Å². The van der Waals surface area contributed by atoms with Crippen molar-refractivity contribution in [2.45, 2.75) is 19.4 Å². The number of H-pyrrole nitrogens is 1. The first kappa shape index (κ1) is 11.2. The molecule has 0 aliphatic heterocycles. The number of hydrogen-bond acceptors (Lipinski definition) is 4. The van der Waals surface area contributed by atoms with Crippen molar-refractivity contribution in [2.75, 3.05) is 7.11 Å². The maximum absolute atomic E-state index is 11.3. The molecule has 0 saturated heterocycles. The molecular formula is C8H11BrN2O3. The summed E-state index contributed by atoms with van der Waals surface area (Å²) < 4.78 is 4.93. The Hall–Kier alpha value is -0.880. The SMILES string of the molecule is COC(=O)c1[nH]c(Br)nc1C(C)(C)O. The number of halogens is 1. The number of imidazole rings is 1. The van der Waals surface area contributed by atoms with Gasteiger partial charge in [-0.1, -0.05) is 0 Å². The number of rotatable bonds is 2. The van der Waals surface area contributed by atoms with Crippen molar-refractivity contribution < 1.29 is 14.6 Å². The summed E-state index contributed by atoms with van der Waals surface area (Å²) in [5.41, 5.74) is -0.769. The maximum Gasteiger partial charge on any atom is 0.356 e. The number of aromatic amines is 1. The van der Waals surface area contributed by atoms with Crippen molar-refractivity contribution in [2.24, 2.45) is 0 Å². The molecular weight excluding hydrogens is 252 g/mol. The Kier molecular flexibility index (Phi) is 2.96. The molecule has 6 heteroatoms. The summed E-state index contributed by atoms with van der Waals surface area (Å²) in [6.45, 7) is 3.09. The lowest BCUT2D eigenvalue weighted by Crippen LogP contribution is -2.20. The molecule has 0 aliphatic carbocycles. The highest BCUT2D eigenvalue weighted by atomic mass is 79.9. The fraction of sp³-hybridized carbons (Fsp3) is 0.500. The lowest BCUT2D eigenvalue weighted by atomic mass is 10.0. The molecule has 1 rings (SSSR count). The topological polar surface area (TPSA) is 75.2 Å². The van der Waals surface area contributed by atoms with Crippen molar-refractivity contribution in [1.82, 2.24) is 9.97 Å². The minimum Gasteiger partial charge on any atom is -0.464 e. The van der Waals surface area contributed by atoms with Gasteiger partial charge in [0.2, 0.25) is 0 Å². The van der Waals surface area contributed by atoms with E-state index in [4.69, 9.17) is 0 Å². The second kappa shape index (κ2) is 3.70. The third-order valence-corrected chi connectivity index (χ3v) is 2.02. The molecule has 0 atom stereocenters. The number of aliphatic hydroxyl groups is 1. The lowest BCUT2D eigenvalue weighted by Gasteiger charge is -2.15. The molecule has 14 heavy (non-hydrogen) atoms. The van der Waals surface area contributed by atoms with Crippen molar-refractivity contribution in [3.63, 3.8) is 0 Å². The van der Waals surface area contributed by atoms with E-state index in [1.54, 1.807) is 13.8 Å². The van der Waals surface area contributed by atoms with Gasteiger partial charge in [0, 0.05) is 0 Å². The van der Waals surface area contributed by atoms with Crippen molar-refractivity contribution in [1.29, 1.82) is 0 Å². The third kappa shape index (κ3) is 2.13. The first-order valence-electron chi connectivity index (χ1n) is 3.93. The summed E-state index contributed by atoms with van der Waals surface area (Å²) in [6.07, 6.45) is 0. The van der Waals surface area contributed by atoms with Gasteiger partial charge in [-0.2, -0.15) is 0 Å². The van der Waals surface area contributed by atoms with Gasteiger partial charge in [-0.15, -0.1) is 0 Å². The minimum absolute atomic E-state index is 0.159. The molecule has 0 radical (unpaired) electrons. The first-order valence-corrected chi connectivity index (χ1v) is 4.72. The van der Waals surface area contributed by atoms with Crippen LogP contribution in [0.4, 0.5) is 0 Å². The number of nitrogens with one attached hydrogen (secondary N) is 1. The first-order chi connectivity index (χ1) is 6.36. The van der Waals surface area contributed by atoms with Gasteiger partial charge in [-0.25, -0.2) is 9.78 Å². The van der Waals surface area contributed by atoms with Crippen LogP contribution >= 0.6 is 15.9 Å². The fourth-order valence-corrected chi connectivity index (χ4v) is 1.41. The zero-order valence-corrected chi connectivity index (χ0v) is 9.67. The van der Waals surface area contributed by atoms with Gasteiger partial charge in [0.1, 0.15) is 11.3 Å². The van der Waals surface area contributed by atoms with Crippen LogP contribution in [0.1, 0.15) is 30.0 Å². The second-order valence-corrected chi connectivity index (χ2v) is 4.05. The van der Waals surface area contributed by atoms with E-state index in [9.17, 15) is 9.90 Å². The number of nitrogens with zero attached hydrogens (tertiary/aromatic N) is 1. The largest absolute Gasteiger partial charge is 0.464 e. The Morgan fingerprint density at radius 3 is 2.64 bits per heavy atom. The van der Waals surface area contributed by atoms with Crippen LogP contribution < -0.4 is 0 Å². The van der Waals surface area contributed by atoms with E-state index in [0.29, 0.717) is 4.73 Å². The monoisotopic (exact) mass is 262 g/mol.